The Kier molecular flexibility index (Phi) is 11.5. The molecule has 1 saturated heterocycles. The van der Waals surface area contributed by atoms with Crippen molar-refractivity contribution in [2.45, 2.75) is 44.5 Å². The first-order valence-corrected chi connectivity index (χ1v) is 17.0. The van der Waals surface area contributed by atoms with Crippen LogP contribution in [0.4, 0.5) is 0 Å². The van der Waals surface area contributed by atoms with Gasteiger partial charge < -0.3 is 21.1 Å². The van der Waals surface area contributed by atoms with Crippen LogP contribution in [0.3, 0.4) is 0 Å². The molecular formula is C33H43N5O5S. The van der Waals surface area contributed by atoms with Crippen LogP contribution >= 0.6 is 0 Å². The summed E-state index contributed by atoms with van der Waals surface area (Å²) in [4.78, 5) is 39.6. The highest BCUT2D eigenvalue weighted by Crippen LogP contribution is 2.31. The maximum Gasteiger partial charge on any atom is 0.250 e. The van der Waals surface area contributed by atoms with Gasteiger partial charge >= 0.3 is 0 Å². The highest BCUT2D eigenvalue weighted by atomic mass is 32.2. The number of fused-ring (bicyclic) bond motifs is 1. The number of amides is 3. The summed E-state index contributed by atoms with van der Waals surface area (Å²) in [6.07, 6.45) is 1.56. The third-order valence-electron chi connectivity index (χ3n) is 8.07. The molecule has 1 fully saturated rings. The first kappa shape index (κ1) is 33.1. The topological polar surface area (TPSA) is 131 Å². The molecule has 0 aromatic heterocycles. The van der Waals surface area contributed by atoms with Crippen LogP contribution in [0.5, 0.6) is 0 Å². The molecule has 11 heteroatoms. The number of hydrogen-bond donors (Lipinski definition) is 4. The fourth-order valence-electron chi connectivity index (χ4n) is 5.60. The van der Waals surface area contributed by atoms with Crippen molar-refractivity contribution in [3.8, 4) is 0 Å². The number of aliphatic hydroxyl groups is 1. The van der Waals surface area contributed by atoms with E-state index in [9.17, 15) is 23.7 Å². The van der Waals surface area contributed by atoms with E-state index < -0.39 is 33.5 Å². The van der Waals surface area contributed by atoms with Gasteiger partial charge in [0.05, 0.1) is 19.6 Å². The van der Waals surface area contributed by atoms with Crippen molar-refractivity contribution in [2.24, 2.45) is 0 Å². The minimum atomic E-state index is -2.70. The Labute approximate surface area is 259 Å². The molecule has 0 aliphatic carbocycles. The number of nitrogens with zero attached hydrogens (tertiary/aromatic N) is 2. The van der Waals surface area contributed by atoms with Gasteiger partial charge in [-0.3, -0.25) is 23.5 Å². The molecule has 0 radical (unpaired) electrons. The molecule has 10 nitrogen and oxygen atoms in total. The van der Waals surface area contributed by atoms with Gasteiger partial charge in [-0.25, -0.2) is 4.31 Å². The average Bonchev–Trinajstić information content (AvgIpc) is 3.03. The number of aliphatic hydroxyl groups excluding tert-OH is 1. The van der Waals surface area contributed by atoms with E-state index >= 15 is 0 Å². The highest BCUT2D eigenvalue weighted by Gasteiger charge is 2.31. The van der Waals surface area contributed by atoms with Gasteiger partial charge in [-0.1, -0.05) is 72.8 Å². The predicted octanol–water partition coefficient (Wildman–Crippen LogP) is 1.84. The molecule has 3 aromatic carbocycles. The number of hydrogen-bond acceptors (Lipinski definition) is 6. The summed E-state index contributed by atoms with van der Waals surface area (Å²) in [5.74, 6) is 2.23. The molecule has 0 spiro atoms. The molecule has 1 aliphatic heterocycles. The minimum Gasteiger partial charge on any atom is -0.381 e. The van der Waals surface area contributed by atoms with E-state index in [1.165, 1.54) is 22.6 Å². The largest absolute Gasteiger partial charge is 0.381 e. The summed E-state index contributed by atoms with van der Waals surface area (Å²) in [6.45, 7) is 3.25. The number of rotatable bonds is 13. The molecule has 0 saturated carbocycles. The Balaban J connectivity index is 1.22. The number of nitrogens with one attached hydrogen (secondary N) is 3. The van der Waals surface area contributed by atoms with Crippen molar-refractivity contribution in [3.05, 3.63) is 83.9 Å². The molecule has 44 heavy (non-hydrogen) atoms. The number of benzene rings is 3. The van der Waals surface area contributed by atoms with Crippen molar-refractivity contribution in [2.75, 3.05) is 39.0 Å². The fraction of sp³-hybridized carbons (Fsp3) is 0.394. The quantitative estimate of drug-likeness (QED) is 0.216. The van der Waals surface area contributed by atoms with Gasteiger partial charge in [-0.15, -0.1) is 0 Å². The Morgan fingerprint density at radius 3 is 2.32 bits per heavy atom. The second-order valence-electron chi connectivity index (χ2n) is 11.3. The summed E-state index contributed by atoms with van der Waals surface area (Å²) in [6, 6.07) is 24.1. The van der Waals surface area contributed by atoms with E-state index in [2.05, 4.69) is 70.0 Å². The molecule has 4 rings (SSSR count). The van der Waals surface area contributed by atoms with Gasteiger partial charge in [0, 0.05) is 47.7 Å². The lowest BCUT2D eigenvalue weighted by atomic mass is 9.96. The van der Waals surface area contributed by atoms with Crippen molar-refractivity contribution < 1.29 is 23.7 Å². The van der Waals surface area contributed by atoms with Crippen LogP contribution in [0.25, 0.3) is 10.8 Å². The SMILES string of the molecule is C=S(C)(=O)N(CC(=O)NCC(=O)NCC(O)C(=O)NCc1ccccc1)C1CCN(C(C)c2cccc3ccccc23)CC1. The number of carbonyl (C=O) groups excluding carboxylic acids is 3. The second-order valence-corrected chi connectivity index (χ2v) is 13.7. The average molecular weight is 622 g/mol. The predicted molar refractivity (Wildman–Crippen MR) is 175 cm³/mol. The van der Waals surface area contributed by atoms with Crippen LogP contribution in [0.2, 0.25) is 0 Å². The van der Waals surface area contributed by atoms with Crippen LogP contribution < -0.4 is 16.0 Å². The second kappa shape index (κ2) is 15.3. The Morgan fingerprint density at radius 1 is 0.955 bits per heavy atom. The lowest BCUT2D eigenvalue weighted by molar-refractivity contribution is -0.130. The summed E-state index contributed by atoms with van der Waals surface area (Å²) in [5.41, 5.74) is 2.15. The van der Waals surface area contributed by atoms with Gasteiger partial charge in [-0.05, 0) is 47.5 Å². The summed E-state index contributed by atoms with van der Waals surface area (Å²) in [5, 5.41) is 20.1. The number of carbonyl (C=O) groups is 3. The molecule has 3 atom stereocenters. The molecular weight excluding hydrogens is 578 g/mol. The third kappa shape index (κ3) is 9.12. The third-order valence-corrected chi connectivity index (χ3v) is 9.49. The van der Waals surface area contributed by atoms with Crippen LogP contribution in [0, 0.1) is 0 Å². The molecule has 1 heterocycles. The molecule has 3 amide bonds. The summed E-state index contributed by atoms with van der Waals surface area (Å²) >= 11 is 0. The van der Waals surface area contributed by atoms with Gasteiger partial charge in [0.15, 0.2) is 0 Å². The first-order chi connectivity index (χ1) is 21.0. The zero-order chi connectivity index (χ0) is 31.7. The maximum atomic E-state index is 13.1. The maximum absolute atomic E-state index is 13.1. The minimum absolute atomic E-state index is 0.0925. The van der Waals surface area contributed by atoms with Crippen molar-refractivity contribution in [1.29, 1.82) is 0 Å². The molecule has 236 valence electrons. The first-order valence-electron chi connectivity index (χ1n) is 14.9. The molecule has 1 aliphatic rings. The lowest BCUT2D eigenvalue weighted by Crippen LogP contribution is -2.51. The van der Waals surface area contributed by atoms with E-state index in [0.29, 0.717) is 0 Å². The van der Waals surface area contributed by atoms with E-state index in [-0.39, 0.29) is 38.3 Å². The number of likely N-dealkylation sites (tertiary alicyclic amines) is 1. The summed E-state index contributed by atoms with van der Waals surface area (Å²) < 4.78 is 14.8. The molecule has 3 aromatic rings. The standard InChI is InChI=1S/C33H43N5O5S/c1-24(28-15-9-13-26-12-7-8-14-29(26)28)37-18-16-27(17-19-37)38(44(2,3)43)23-32(41)35-22-31(40)34-21-30(39)33(42)36-20-25-10-5-4-6-11-25/h4-15,24,27,30,39H,2,16-23H2,1,3H3,(H,34,40)(H,35,41)(H,36,42). The zero-order valence-electron chi connectivity index (χ0n) is 25.4. The van der Waals surface area contributed by atoms with E-state index in [4.69, 9.17) is 0 Å². The molecule has 4 N–H and O–H groups in total. The van der Waals surface area contributed by atoms with Crippen molar-refractivity contribution >= 4 is 44.1 Å². The Morgan fingerprint density at radius 2 is 1.61 bits per heavy atom. The molecule has 0 bridgehead atoms. The van der Waals surface area contributed by atoms with Crippen molar-refractivity contribution in [1.82, 2.24) is 25.2 Å². The van der Waals surface area contributed by atoms with Crippen molar-refractivity contribution in [3.63, 3.8) is 0 Å². The molecule has 3 unspecified atom stereocenters. The van der Waals surface area contributed by atoms with E-state index in [0.717, 1.165) is 31.5 Å². The van der Waals surface area contributed by atoms with E-state index in [1.54, 1.807) is 4.31 Å². The highest BCUT2D eigenvalue weighted by molar-refractivity contribution is 7.97. The fourth-order valence-corrected chi connectivity index (χ4v) is 6.83. The van der Waals surface area contributed by atoms with E-state index in [1.807, 2.05) is 36.4 Å². The monoisotopic (exact) mass is 621 g/mol. The van der Waals surface area contributed by atoms with Gasteiger partial charge in [0.1, 0.15) is 6.10 Å². The Hall–Kier alpha value is -3.77. The summed E-state index contributed by atoms with van der Waals surface area (Å²) in [7, 11) is -2.70. The van der Waals surface area contributed by atoms with Crippen LogP contribution in [0.1, 0.15) is 36.9 Å². The zero-order valence-corrected chi connectivity index (χ0v) is 26.2. The normalized spacial score (nSPS) is 17.0. The van der Waals surface area contributed by atoms with Gasteiger partial charge in [-0.2, -0.15) is 0 Å². The van der Waals surface area contributed by atoms with Gasteiger partial charge in [0.25, 0.3) is 5.91 Å². The Bertz CT molecular complexity index is 1540. The lowest BCUT2D eigenvalue weighted by Gasteiger charge is -2.41. The number of piperidine rings is 1. The smallest absolute Gasteiger partial charge is 0.250 e. The van der Waals surface area contributed by atoms with Crippen LogP contribution in [-0.2, 0) is 30.6 Å². The van der Waals surface area contributed by atoms with Crippen LogP contribution in [0.15, 0.2) is 72.8 Å². The van der Waals surface area contributed by atoms with Gasteiger partial charge in [0.2, 0.25) is 11.8 Å². The van der Waals surface area contributed by atoms with Crippen LogP contribution in [-0.4, -0.2) is 93.2 Å².